The number of para-hydroxylation sites is 1. The van der Waals surface area contributed by atoms with Gasteiger partial charge in [0.15, 0.2) is 5.65 Å². The van der Waals surface area contributed by atoms with Crippen LogP contribution >= 0.6 is 0 Å². The molecule has 1 aliphatic heterocycles. The molecule has 0 saturated carbocycles. The molecule has 2 aromatic heterocycles. The van der Waals surface area contributed by atoms with Gasteiger partial charge in [-0.2, -0.15) is 5.10 Å². The normalized spacial score (nSPS) is 14.3. The fourth-order valence-electron chi connectivity index (χ4n) is 4.58. The molecule has 0 atom stereocenters. The summed E-state index contributed by atoms with van der Waals surface area (Å²) in [6.45, 7) is 3.40. The number of ether oxygens (including phenoxy) is 1. The van der Waals surface area contributed by atoms with Crippen molar-refractivity contribution < 1.29 is 9.53 Å². The monoisotopic (exact) mass is 457 g/mol. The zero-order valence-corrected chi connectivity index (χ0v) is 19.2. The van der Waals surface area contributed by atoms with Crippen molar-refractivity contribution in [1.82, 2.24) is 25.1 Å². The van der Waals surface area contributed by atoms with Crippen LogP contribution < -0.4 is 20.7 Å². The molecule has 4 aromatic rings. The standard InChI is InChI=1S/C25H27N7O2/c1-16(33)31(18-6-4-3-5-7-18)20-9-8-17(14-21(20)34-2)23-22-24(26)28-15-29-25(22)32(30-23)19-10-12-27-13-11-19/h3-9,14-15,19,27H,10-13H2,1-2H3,(H2,26,28,29). The van der Waals surface area contributed by atoms with Crippen LogP contribution in [0, 0.1) is 0 Å². The summed E-state index contributed by atoms with van der Waals surface area (Å²) in [5.74, 6) is 0.824. The maximum atomic E-state index is 12.6. The van der Waals surface area contributed by atoms with Gasteiger partial charge in [0.1, 0.15) is 23.6 Å². The van der Waals surface area contributed by atoms with E-state index < -0.39 is 0 Å². The lowest BCUT2D eigenvalue weighted by molar-refractivity contribution is -0.115. The molecule has 9 nitrogen and oxygen atoms in total. The summed E-state index contributed by atoms with van der Waals surface area (Å²) in [4.78, 5) is 23.0. The minimum atomic E-state index is -0.115. The highest BCUT2D eigenvalue weighted by atomic mass is 16.5. The van der Waals surface area contributed by atoms with Crippen LogP contribution in [0.5, 0.6) is 5.75 Å². The van der Waals surface area contributed by atoms with Gasteiger partial charge in [-0.3, -0.25) is 9.69 Å². The Morgan fingerprint density at radius 2 is 1.91 bits per heavy atom. The summed E-state index contributed by atoms with van der Waals surface area (Å²) in [7, 11) is 1.59. The maximum absolute atomic E-state index is 12.6. The number of carbonyl (C=O) groups excluding carboxylic acids is 1. The number of nitrogen functional groups attached to an aromatic ring is 1. The highest BCUT2D eigenvalue weighted by Crippen LogP contribution is 2.39. The van der Waals surface area contributed by atoms with E-state index in [-0.39, 0.29) is 11.9 Å². The molecular formula is C25H27N7O2. The van der Waals surface area contributed by atoms with Crippen LogP contribution in [-0.4, -0.2) is 45.9 Å². The van der Waals surface area contributed by atoms with Crippen molar-refractivity contribution in [3.8, 4) is 17.0 Å². The van der Waals surface area contributed by atoms with Gasteiger partial charge in [-0.15, -0.1) is 0 Å². The predicted octanol–water partition coefficient (Wildman–Crippen LogP) is 3.69. The van der Waals surface area contributed by atoms with E-state index in [2.05, 4.69) is 15.3 Å². The molecule has 0 aliphatic carbocycles. The van der Waals surface area contributed by atoms with Crippen LogP contribution in [0.3, 0.4) is 0 Å². The molecule has 0 unspecified atom stereocenters. The zero-order valence-electron chi connectivity index (χ0n) is 19.2. The third-order valence-electron chi connectivity index (χ3n) is 6.20. The third kappa shape index (κ3) is 3.84. The molecule has 34 heavy (non-hydrogen) atoms. The first-order chi connectivity index (χ1) is 16.6. The van der Waals surface area contributed by atoms with Gasteiger partial charge in [0.05, 0.1) is 24.2 Å². The van der Waals surface area contributed by atoms with Crippen molar-refractivity contribution in [1.29, 1.82) is 0 Å². The first-order valence-corrected chi connectivity index (χ1v) is 11.3. The lowest BCUT2D eigenvalue weighted by Gasteiger charge is -2.24. The number of fused-ring (bicyclic) bond motifs is 1. The van der Waals surface area contributed by atoms with Crippen molar-refractivity contribution in [2.75, 3.05) is 30.8 Å². The Kier molecular flexibility index (Phi) is 5.85. The molecule has 1 amide bonds. The third-order valence-corrected chi connectivity index (χ3v) is 6.20. The summed E-state index contributed by atoms with van der Waals surface area (Å²) in [5.41, 5.74) is 9.96. The van der Waals surface area contributed by atoms with E-state index in [1.54, 1.807) is 12.0 Å². The van der Waals surface area contributed by atoms with Gasteiger partial charge >= 0.3 is 0 Å². The Labute approximate surface area is 197 Å². The first kappa shape index (κ1) is 21.8. The van der Waals surface area contributed by atoms with E-state index in [0.29, 0.717) is 22.9 Å². The van der Waals surface area contributed by atoms with Gasteiger partial charge in [0, 0.05) is 18.2 Å². The fourth-order valence-corrected chi connectivity index (χ4v) is 4.58. The van der Waals surface area contributed by atoms with Crippen molar-refractivity contribution >= 4 is 34.1 Å². The van der Waals surface area contributed by atoms with E-state index in [1.165, 1.54) is 13.3 Å². The summed E-state index contributed by atoms with van der Waals surface area (Å²) < 4.78 is 7.71. The minimum Gasteiger partial charge on any atom is -0.495 e. The van der Waals surface area contributed by atoms with Crippen molar-refractivity contribution in [3.63, 3.8) is 0 Å². The Balaban J connectivity index is 1.64. The Morgan fingerprint density at radius 3 is 2.62 bits per heavy atom. The lowest BCUT2D eigenvalue weighted by Crippen LogP contribution is -2.30. The van der Waals surface area contributed by atoms with Crippen molar-refractivity contribution in [2.45, 2.75) is 25.8 Å². The summed E-state index contributed by atoms with van der Waals surface area (Å²) in [5, 5.41) is 9.07. The molecule has 1 saturated heterocycles. The van der Waals surface area contributed by atoms with E-state index in [1.807, 2.05) is 53.2 Å². The predicted molar refractivity (Wildman–Crippen MR) is 132 cm³/mol. The van der Waals surface area contributed by atoms with Gasteiger partial charge in [0.25, 0.3) is 0 Å². The number of rotatable bonds is 5. The molecular weight excluding hydrogens is 430 g/mol. The van der Waals surface area contributed by atoms with Crippen molar-refractivity contribution in [2.24, 2.45) is 0 Å². The number of methoxy groups -OCH3 is 1. The van der Waals surface area contributed by atoms with Crippen LogP contribution in [0.4, 0.5) is 17.2 Å². The molecule has 0 radical (unpaired) electrons. The van der Waals surface area contributed by atoms with Crippen LogP contribution in [-0.2, 0) is 4.79 Å². The molecule has 9 heteroatoms. The van der Waals surface area contributed by atoms with Crippen molar-refractivity contribution in [3.05, 3.63) is 54.9 Å². The fraction of sp³-hybridized carbons (Fsp3) is 0.280. The zero-order chi connectivity index (χ0) is 23.7. The number of nitrogens with one attached hydrogen (secondary N) is 1. The van der Waals surface area contributed by atoms with Crippen LogP contribution in [0.15, 0.2) is 54.9 Å². The number of hydrogen-bond donors (Lipinski definition) is 2. The second kappa shape index (κ2) is 9.11. The highest BCUT2D eigenvalue weighted by Gasteiger charge is 2.25. The number of nitrogens with zero attached hydrogens (tertiary/aromatic N) is 5. The van der Waals surface area contributed by atoms with Gasteiger partial charge in [0.2, 0.25) is 5.91 Å². The molecule has 1 aliphatic rings. The van der Waals surface area contributed by atoms with Gasteiger partial charge < -0.3 is 15.8 Å². The molecule has 174 valence electrons. The lowest BCUT2D eigenvalue weighted by atomic mass is 10.1. The smallest absolute Gasteiger partial charge is 0.228 e. The SMILES string of the molecule is COc1cc(-c2nn(C3CCNCC3)c3ncnc(N)c23)ccc1N(C(C)=O)c1ccccc1. The van der Waals surface area contributed by atoms with Gasteiger partial charge in [-0.25, -0.2) is 14.6 Å². The van der Waals surface area contributed by atoms with E-state index in [9.17, 15) is 4.79 Å². The molecule has 0 spiro atoms. The van der Waals surface area contributed by atoms with Crippen LogP contribution in [0.1, 0.15) is 25.8 Å². The average molecular weight is 458 g/mol. The highest BCUT2D eigenvalue weighted by molar-refractivity contribution is 6.02. The molecule has 1 fully saturated rings. The maximum Gasteiger partial charge on any atom is 0.228 e. The second-order valence-electron chi connectivity index (χ2n) is 8.31. The van der Waals surface area contributed by atoms with Gasteiger partial charge in [-0.05, 0) is 50.2 Å². The van der Waals surface area contributed by atoms with Crippen LogP contribution in [0.25, 0.3) is 22.3 Å². The summed E-state index contributed by atoms with van der Waals surface area (Å²) >= 11 is 0. The first-order valence-electron chi connectivity index (χ1n) is 11.3. The molecule has 2 aromatic carbocycles. The Morgan fingerprint density at radius 1 is 1.15 bits per heavy atom. The topological polar surface area (TPSA) is 111 Å². The average Bonchev–Trinajstić information content (AvgIpc) is 3.26. The molecule has 3 N–H and O–H groups in total. The number of carbonyl (C=O) groups is 1. The quantitative estimate of drug-likeness (QED) is 0.470. The minimum absolute atomic E-state index is 0.115. The summed E-state index contributed by atoms with van der Waals surface area (Å²) in [6, 6.07) is 15.4. The molecule has 3 heterocycles. The Bertz CT molecular complexity index is 1330. The number of benzene rings is 2. The second-order valence-corrected chi connectivity index (χ2v) is 8.31. The number of amides is 1. The molecule has 0 bridgehead atoms. The van der Waals surface area contributed by atoms with E-state index in [4.69, 9.17) is 15.6 Å². The Hall–Kier alpha value is -3.98. The number of piperidine rings is 1. The number of nitrogens with two attached hydrogens (primary N) is 1. The number of hydrogen-bond acceptors (Lipinski definition) is 7. The summed E-state index contributed by atoms with van der Waals surface area (Å²) in [6.07, 6.45) is 3.41. The largest absolute Gasteiger partial charge is 0.495 e. The number of anilines is 3. The number of aromatic nitrogens is 4. The molecule has 5 rings (SSSR count). The van der Waals surface area contributed by atoms with Crippen LogP contribution in [0.2, 0.25) is 0 Å². The van der Waals surface area contributed by atoms with E-state index >= 15 is 0 Å². The van der Waals surface area contributed by atoms with Gasteiger partial charge in [-0.1, -0.05) is 24.3 Å². The van der Waals surface area contributed by atoms with E-state index in [0.717, 1.165) is 48.2 Å².